The van der Waals surface area contributed by atoms with Gasteiger partial charge in [0, 0.05) is 13.0 Å². The number of rotatable bonds is 6. The first-order chi connectivity index (χ1) is 7.33. The molecule has 0 aromatic carbocycles. The van der Waals surface area contributed by atoms with Crippen LogP contribution in [0.15, 0.2) is 0 Å². The number of hydrogen-bond acceptors (Lipinski definition) is 3. The second-order valence-corrected chi connectivity index (χ2v) is 5.08. The van der Waals surface area contributed by atoms with Crippen molar-refractivity contribution >= 4 is 17.7 Å². The van der Waals surface area contributed by atoms with E-state index in [0.29, 0.717) is 5.92 Å². The van der Waals surface area contributed by atoms with Crippen LogP contribution in [0.1, 0.15) is 25.7 Å². The number of nitrogens with one attached hydrogen (secondary N) is 2. The molecular formula is C11H22N2OS. The van der Waals surface area contributed by atoms with Gasteiger partial charge in [-0.1, -0.05) is 0 Å². The third-order valence-corrected chi connectivity index (χ3v) is 3.48. The lowest BCUT2D eigenvalue weighted by molar-refractivity contribution is -0.122. The van der Waals surface area contributed by atoms with Gasteiger partial charge >= 0.3 is 0 Å². The van der Waals surface area contributed by atoms with E-state index in [2.05, 4.69) is 16.9 Å². The molecule has 1 rings (SSSR count). The third-order valence-electron chi connectivity index (χ3n) is 2.78. The Kier molecular flexibility index (Phi) is 6.85. The maximum Gasteiger partial charge on any atom is 0.220 e. The fraction of sp³-hybridized carbons (Fsp3) is 0.909. The molecule has 0 aromatic heterocycles. The van der Waals surface area contributed by atoms with E-state index in [0.717, 1.165) is 51.1 Å². The fourth-order valence-corrected chi connectivity index (χ4v) is 2.30. The van der Waals surface area contributed by atoms with E-state index in [-0.39, 0.29) is 5.91 Å². The van der Waals surface area contributed by atoms with Crippen LogP contribution in [-0.4, -0.2) is 37.6 Å². The van der Waals surface area contributed by atoms with Gasteiger partial charge in [0.05, 0.1) is 0 Å². The minimum atomic E-state index is 0.239. The lowest BCUT2D eigenvalue weighted by Crippen LogP contribution is -2.32. The topological polar surface area (TPSA) is 41.1 Å². The summed E-state index contributed by atoms with van der Waals surface area (Å²) in [4.78, 5) is 11.5. The van der Waals surface area contributed by atoms with E-state index in [1.54, 1.807) is 0 Å². The van der Waals surface area contributed by atoms with Gasteiger partial charge in [-0.05, 0) is 50.3 Å². The Balaban J connectivity index is 2.01. The molecule has 0 radical (unpaired) electrons. The summed E-state index contributed by atoms with van der Waals surface area (Å²) < 4.78 is 0. The summed E-state index contributed by atoms with van der Waals surface area (Å²) in [7, 11) is 0. The first-order valence-corrected chi connectivity index (χ1v) is 7.18. The van der Waals surface area contributed by atoms with Crippen molar-refractivity contribution in [2.45, 2.75) is 25.7 Å². The van der Waals surface area contributed by atoms with Crippen molar-refractivity contribution in [3.63, 3.8) is 0 Å². The Labute approximate surface area is 96.8 Å². The van der Waals surface area contributed by atoms with Gasteiger partial charge in [-0.15, -0.1) is 0 Å². The summed E-state index contributed by atoms with van der Waals surface area (Å²) in [6.45, 7) is 2.99. The SMILES string of the molecule is CSCCCNC(=O)CC1CCNCC1. The highest BCUT2D eigenvalue weighted by Gasteiger charge is 2.16. The van der Waals surface area contributed by atoms with Crippen LogP contribution in [0.25, 0.3) is 0 Å². The van der Waals surface area contributed by atoms with Crippen molar-refractivity contribution in [3.05, 3.63) is 0 Å². The lowest BCUT2D eigenvalue weighted by Gasteiger charge is -2.21. The molecule has 0 saturated carbocycles. The average molecular weight is 230 g/mol. The molecule has 1 fully saturated rings. The molecule has 0 atom stereocenters. The molecule has 4 heteroatoms. The fourth-order valence-electron chi connectivity index (χ4n) is 1.86. The zero-order valence-electron chi connectivity index (χ0n) is 9.55. The van der Waals surface area contributed by atoms with E-state index in [1.807, 2.05) is 11.8 Å². The van der Waals surface area contributed by atoms with Gasteiger partial charge in [0.15, 0.2) is 0 Å². The first-order valence-electron chi connectivity index (χ1n) is 5.79. The molecule has 1 aliphatic rings. The van der Waals surface area contributed by atoms with Gasteiger partial charge in [0.1, 0.15) is 0 Å². The van der Waals surface area contributed by atoms with Crippen LogP contribution in [-0.2, 0) is 4.79 Å². The number of carbonyl (C=O) groups excluding carboxylic acids is 1. The van der Waals surface area contributed by atoms with Crippen LogP contribution in [0.2, 0.25) is 0 Å². The molecule has 1 saturated heterocycles. The quantitative estimate of drug-likeness (QED) is 0.675. The molecular weight excluding hydrogens is 208 g/mol. The van der Waals surface area contributed by atoms with Crippen molar-refractivity contribution in [1.29, 1.82) is 0 Å². The minimum Gasteiger partial charge on any atom is -0.356 e. The Morgan fingerprint density at radius 1 is 1.47 bits per heavy atom. The molecule has 2 N–H and O–H groups in total. The van der Waals surface area contributed by atoms with Gasteiger partial charge in [-0.25, -0.2) is 0 Å². The predicted molar refractivity (Wildman–Crippen MR) is 66.2 cm³/mol. The summed E-state index contributed by atoms with van der Waals surface area (Å²) in [6.07, 6.45) is 6.20. The van der Waals surface area contributed by atoms with Crippen molar-refractivity contribution in [1.82, 2.24) is 10.6 Å². The second kappa shape index (κ2) is 7.99. The predicted octanol–water partition coefficient (Wildman–Crippen LogP) is 1.25. The molecule has 0 aliphatic carbocycles. The van der Waals surface area contributed by atoms with E-state index >= 15 is 0 Å². The summed E-state index contributed by atoms with van der Waals surface area (Å²) in [5.74, 6) is 1.97. The molecule has 15 heavy (non-hydrogen) atoms. The number of hydrogen-bond donors (Lipinski definition) is 2. The molecule has 3 nitrogen and oxygen atoms in total. The normalized spacial score (nSPS) is 17.7. The summed E-state index contributed by atoms with van der Waals surface area (Å²) in [5, 5.41) is 6.31. The molecule has 0 bridgehead atoms. The molecule has 1 aliphatic heterocycles. The highest BCUT2D eigenvalue weighted by molar-refractivity contribution is 7.98. The summed E-state index contributed by atoms with van der Waals surface area (Å²) >= 11 is 1.83. The average Bonchev–Trinajstić information content (AvgIpc) is 2.26. The zero-order valence-corrected chi connectivity index (χ0v) is 10.4. The monoisotopic (exact) mass is 230 g/mol. The highest BCUT2D eigenvalue weighted by atomic mass is 32.2. The van der Waals surface area contributed by atoms with E-state index in [9.17, 15) is 4.79 Å². The Bertz CT molecular complexity index is 181. The van der Waals surface area contributed by atoms with Crippen molar-refractivity contribution in [2.24, 2.45) is 5.92 Å². The lowest BCUT2D eigenvalue weighted by atomic mass is 9.94. The first kappa shape index (κ1) is 12.8. The minimum absolute atomic E-state index is 0.239. The smallest absolute Gasteiger partial charge is 0.220 e. The summed E-state index contributed by atoms with van der Waals surface area (Å²) in [6, 6.07) is 0. The van der Waals surface area contributed by atoms with Crippen LogP contribution in [0, 0.1) is 5.92 Å². The largest absolute Gasteiger partial charge is 0.356 e. The van der Waals surface area contributed by atoms with Crippen LogP contribution in [0.3, 0.4) is 0 Å². The summed E-state index contributed by atoms with van der Waals surface area (Å²) in [5.41, 5.74) is 0. The van der Waals surface area contributed by atoms with Gasteiger partial charge in [0.25, 0.3) is 0 Å². The van der Waals surface area contributed by atoms with Crippen LogP contribution in [0.4, 0.5) is 0 Å². The second-order valence-electron chi connectivity index (χ2n) is 4.09. The number of carbonyl (C=O) groups is 1. The van der Waals surface area contributed by atoms with Crippen LogP contribution < -0.4 is 10.6 Å². The van der Waals surface area contributed by atoms with Crippen molar-refractivity contribution in [3.8, 4) is 0 Å². The van der Waals surface area contributed by atoms with E-state index in [4.69, 9.17) is 0 Å². The van der Waals surface area contributed by atoms with Gasteiger partial charge in [-0.3, -0.25) is 4.79 Å². The van der Waals surface area contributed by atoms with E-state index < -0.39 is 0 Å². The molecule has 1 heterocycles. The van der Waals surface area contributed by atoms with Crippen molar-refractivity contribution in [2.75, 3.05) is 31.6 Å². The maximum absolute atomic E-state index is 11.5. The number of piperidine rings is 1. The highest BCUT2D eigenvalue weighted by Crippen LogP contribution is 2.15. The Hall–Kier alpha value is -0.220. The molecule has 1 amide bonds. The van der Waals surface area contributed by atoms with Crippen LogP contribution in [0.5, 0.6) is 0 Å². The zero-order chi connectivity index (χ0) is 10.9. The molecule has 0 aromatic rings. The Morgan fingerprint density at radius 2 is 2.20 bits per heavy atom. The maximum atomic E-state index is 11.5. The van der Waals surface area contributed by atoms with Crippen LogP contribution >= 0.6 is 11.8 Å². The third kappa shape index (κ3) is 6.05. The van der Waals surface area contributed by atoms with Gasteiger partial charge < -0.3 is 10.6 Å². The van der Waals surface area contributed by atoms with Crippen molar-refractivity contribution < 1.29 is 4.79 Å². The molecule has 88 valence electrons. The number of thioether (sulfide) groups is 1. The Morgan fingerprint density at radius 3 is 2.87 bits per heavy atom. The standard InChI is InChI=1S/C11H22N2OS/c1-15-8-2-5-13-11(14)9-10-3-6-12-7-4-10/h10,12H,2-9H2,1H3,(H,13,14). The molecule has 0 unspecified atom stereocenters. The molecule has 0 spiro atoms. The van der Waals surface area contributed by atoms with Gasteiger partial charge in [0.2, 0.25) is 5.91 Å². The van der Waals surface area contributed by atoms with E-state index in [1.165, 1.54) is 0 Å². The number of amides is 1. The van der Waals surface area contributed by atoms with Gasteiger partial charge in [-0.2, -0.15) is 11.8 Å².